The van der Waals surface area contributed by atoms with E-state index >= 15 is 0 Å². The van der Waals surface area contributed by atoms with E-state index < -0.39 is 5.97 Å². The van der Waals surface area contributed by atoms with Crippen molar-refractivity contribution in [3.05, 3.63) is 29.8 Å². The van der Waals surface area contributed by atoms with Gasteiger partial charge in [0.2, 0.25) is 11.8 Å². The van der Waals surface area contributed by atoms with Gasteiger partial charge in [-0.3, -0.25) is 9.59 Å². The molecule has 1 fully saturated rings. The minimum absolute atomic E-state index is 0.0590. The standard InChI is InChI=1S/C19H26N2O4/c1-15(22)21(17-10-6-5-9-16(17)19(24)25-2)14-11-18(23)20-12-7-3-4-8-13-20/h5-6,9-10H,3-4,7-8,11-14H2,1-2H3. The van der Waals surface area contributed by atoms with Crippen LogP contribution in [-0.4, -0.2) is 49.4 Å². The van der Waals surface area contributed by atoms with Crippen LogP contribution >= 0.6 is 0 Å². The lowest BCUT2D eigenvalue weighted by molar-refractivity contribution is -0.131. The van der Waals surface area contributed by atoms with Gasteiger partial charge >= 0.3 is 5.97 Å². The molecule has 1 saturated heterocycles. The third kappa shape index (κ3) is 5.05. The van der Waals surface area contributed by atoms with Crippen LogP contribution in [0.3, 0.4) is 0 Å². The Morgan fingerprint density at radius 3 is 2.32 bits per heavy atom. The summed E-state index contributed by atoms with van der Waals surface area (Å²) in [6.07, 6.45) is 4.64. The summed E-state index contributed by atoms with van der Waals surface area (Å²) in [5, 5.41) is 0. The average molecular weight is 346 g/mol. The number of esters is 1. The van der Waals surface area contributed by atoms with Crippen molar-refractivity contribution in [2.45, 2.75) is 39.0 Å². The molecule has 25 heavy (non-hydrogen) atoms. The van der Waals surface area contributed by atoms with Crippen molar-refractivity contribution in [3.8, 4) is 0 Å². The van der Waals surface area contributed by atoms with Crippen LogP contribution in [-0.2, 0) is 14.3 Å². The molecule has 0 aliphatic carbocycles. The molecular weight excluding hydrogens is 320 g/mol. The quantitative estimate of drug-likeness (QED) is 0.769. The van der Waals surface area contributed by atoms with Crippen molar-refractivity contribution in [1.82, 2.24) is 4.90 Å². The van der Waals surface area contributed by atoms with Crippen molar-refractivity contribution < 1.29 is 19.1 Å². The van der Waals surface area contributed by atoms with Crippen LogP contribution < -0.4 is 4.90 Å². The van der Waals surface area contributed by atoms with Crippen molar-refractivity contribution in [3.63, 3.8) is 0 Å². The summed E-state index contributed by atoms with van der Waals surface area (Å²) in [5.74, 6) is -0.649. The van der Waals surface area contributed by atoms with Crippen molar-refractivity contribution in [1.29, 1.82) is 0 Å². The zero-order valence-electron chi connectivity index (χ0n) is 15.0. The Balaban J connectivity index is 2.10. The molecular formula is C19H26N2O4. The van der Waals surface area contributed by atoms with Crippen molar-refractivity contribution >= 4 is 23.5 Å². The summed E-state index contributed by atoms with van der Waals surface area (Å²) in [7, 11) is 1.31. The van der Waals surface area contributed by atoms with E-state index in [0.29, 0.717) is 11.3 Å². The summed E-state index contributed by atoms with van der Waals surface area (Å²) in [6.45, 7) is 3.26. The van der Waals surface area contributed by atoms with Gasteiger partial charge in [-0.05, 0) is 25.0 Å². The van der Waals surface area contributed by atoms with Gasteiger partial charge in [0.25, 0.3) is 0 Å². The SMILES string of the molecule is COC(=O)c1ccccc1N(CCC(=O)N1CCCCCC1)C(C)=O. The smallest absolute Gasteiger partial charge is 0.339 e. The summed E-state index contributed by atoms with van der Waals surface area (Å²) >= 11 is 0. The molecule has 0 spiro atoms. The number of carbonyl (C=O) groups is 3. The highest BCUT2D eigenvalue weighted by molar-refractivity contribution is 6.02. The zero-order valence-corrected chi connectivity index (χ0v) is 15.0. The second-order valence-electron chi connectivity index (χ2n) is 6.22. The number of likely N-dealkylation sites (tertiary alicyclic amines) is 1. The fraction of sp³-hybridized carbons (Fsp3) is 0.526. The number of ether oxygens (including phenoxy) is 1. The maximum absolute atomic E-state index is 12.5. The Hall–Kier alpha value is -2.37. The zero-order chi connectivity index (χ0) is 18.2. The minimum atomic E-state index is -0.499. The van der Waals surface area contributed by atoms with Crippen LogP contribution in [0.5, 0.6) is 0 Å². The number of carbonyl (C=O) groups excluding carboxylic acids is 3. The Labute approximate surface area is 148 Å². The lowest BCUT2D eigenvalue weighted by Crippen LogP contribution is -2.37. The predicted octanol–water partition coefficient (Wildman–Crippen LogP) is 2.62. The van der Waals surface area contributed by atoms with Crippen molar-refractivity contribution in [2.75, 3.05) is 31.6 Å². The number of nitrogens with zero attached hydrogens (tertiary/aromatic N) is 2. The molecule has 0 unspecified atom stereocenters. The van der Waals surface area contributed by atoms with Gasteiger partial charge in [0.15, 0.2) is 0 Å². The fourth-order valence-electron chi connectivity index (χ4n) is 3.12. The van der Waals surface area contributed by atoms with Crippen LogP contribution in [0.2, 0.25) is 0 Å². The molecule has 1 heterocycles. The number of hydrogen-bond donors (Lipinski definition) is 0. The highest BCUT2D eigenvalue weighted by Gasteiger charge is 2.22. The number of para-hydroxylation sites is 1. The fourth-order valence-corrected chi connectivity index (χ4v) is 3.12. The van der Waals surface area contributed by atoms with Crippen LogP contribution in [0.4, 0.5) is 5.69 Å². The largest absolute Gasteiger partial charge is 0.465 e. The molecule has 2 rings (SSSR count). The molecule has 0 radical (unpaired) electrons. The number of benzene rings is 1. The summed E-state index contributed by atoms with van der Waals surface area (Å²) < 4.78 is 4.79. The first kappa shape index (κ1) is 19.0. The molecule has 0 aromatic heterocycles. The lowest BCUT2D eigenvalue weighted by atomic mass is 10.1. The predicted molar refractivity (Wildman–Crippen MR) is 95.5 cm³/mol. The maximum Gasteiger partial charge on any atom is 0.339 e. The number of amides is 2. The highest BCUT2D eigenvalue weighted by Crippen LogP contribution is 2.22. The molecule has 2 amide bonds. The van der Waals surface area contributed by atoms with Gasteiger partial charge in [-0.15, -0.1) is 0 Å². The summed E-state index contributed by atoms with van der Waals surface area (Å²) in [4.78, 5) is 39.9. The molecule has 0 atom stereocenters. The Morgan fingerprint density at radius 2 is 1.72 bits per heavy atom. The maximum atomic E-state index is 12.5. The van der Waals surface area contributed by atoms with Gasteiger partial charge in [-0.2, -0.15) is 0 Å². The Kier molecular flexibility index (Phi) is 6.98. The van der Waals surface area contributed by atoms with Crippen LogP contribution in [0.25, 0.3) is 0 Å². The first-order valence-corrected chi connectivity index (χ1v) is 8.78. The van der Waals surface area contributed by atoms with E-state index in [-0.39, 0.29) is 24.8 Å². The molecule has 1 aromatic carbocycles. The van der Waals surface area contributed by atoms with Gasteiger partial charge in [0.1, 0.15) is 0 Å². The molecule has 6 heteroatoms. The number of anilines is 1. The van der Waals surface area contributed by atoms with Crippen LogP contribution in [0, 0.1) is 0 Å². The Bertz CT molecular complexity index is 622. The lowest BCUT2D eigenvalue weighted by Gasteiger charge is -2.25. The molecule has 0 saturated carbocycles. The summed E-state index contributed by atoms with van der Waals surface area (Å²) in [5.41, 5.74) is 0.799. The molecule has 0 bridgehead atoms. The first-order valence-electron chi connectivity index (χ1n) is 8.78. The first-order chi connectivity index (χ1) is 12.0. The normalized spacial score (nSPS) is 14.6. The molecule has 1 aliphatic rings. The van der Waals surface area contributed by atoms with E-state index in [9.17, 15) is 14.4 Å². The minimum Gasteiger partial charge on any atom is -0.465 e. The van der Waals surface area contributed by atoms with Gasteiger partial charge < -0.3 is 14.5 Å². The monoisotopic (exact) mass is 346 g/mol. The molecule has 6 nitrogen and oxygen atoms in total. The van der Waals surface area contributed by atoms with Gasteiger partial charge in [0.05, 0.1) is 18.4 Å². The molecule has 1 aromatic rings. The highest BCUT2D eigenvalue weighted by atomic mass is 16.5. The number of rotatable bonds is 5. The molecule has 1 aliphatic heterocycles. The van der Waals surface area contributed by atoms with Gasteiger partial charge in [-0.25, -0.2) is 4.79 Å². The van der Waals surface area contributed by atoms with E-state index in [0.717, 1.165) is 38.8 Å². The third-order valence-electron chi connectivity index (χ3n) is 4.49. The van der Waals surface area contributed by atoms with Crippen LogP contribution in [0.15, 0.2) is 24.3 Å². The molecule has 0 N–H and O–H groups in total. The van der Waals surface area contributed by atoms with E-state index in [1.54, 1.807) is 24.3 Å². The van der Waals surface area contributed by atoms with Crippen molar-refractivity contribution in [2.24, 2.45) is 0 Å². The third-order valence-corrected chi connectivity index (χ3v) is 4.49. The van der Waals surface area contributed by atoms with E-state index in [2.05, 4.69) is 0 Å². The Morgan fingerprint density at radius 1 is 1.08 bits per heavy atom. The van der Waals surface area contributed by atoms with E-state index in [1.807, 2.05) is 4.90 Å². The topological polar surface area (TPSA) is 66.9 Å². The second-order valence-corrected chi connectivity index (χ2v) is 6.22. The second kappa shape index (κ2) is 9.20. The average Bonchev–Trinajstić information content (AvgIpc) is 2.90. The summed E-state index contributed by atoms with van der Waals surface area (Å²) in [6, 6.07) is 6.79. The van der Waals surface area contributed by atoms with E-state index in [1.165, 1.54) is 18.9 Å². The number of hydrogen-bond acceptors (Lipinski definition) is 4. The number of methoxy groups -OCH3 is 1. The van der Waals surface area contributed by atoms with Gasteiger partial charge in [0, 0.05) is 33.0 Å². The van der Waals surface area contributed by atoms with Gasteiger partial charge in [-0.1, -0.05) is 25.0 Å². The van der Waals surface area contributed by atoms with Crippen LogP contribution in [0.1, 0.15) is 49.4 Å². The van der Waals surface area contributed by atoms with E-state index in [4.69, 9.17) is 4.74 Å². The molecule has 136 valence electrons.